The van der Waals surface area contributed by atoms with Gasteiger partial charge in [-0.15, -0.1) is 11.3 Å². The predicted molar refractivity (Wildman–Crippen MR) is 199 cm³/mol. The Kier molecular flexibility index (Phi) is 6.01. The van der Waals surface area contributed by atoms with Crippen molar-refractivity contribution in [1.29, 1.82) is 0 Å². The molecule has 0 bridgehead atoms. The van der Waals surface area contributed by atoms with E-state index in [9.17, 15) is 0 Å². The number of rotatable bonds is 4. The van der Waals surface area contributed by atoms with E-state index < -0.39 is 0 Å². The molecule has 10 rings (SSSR count). The Bertz CT molecular complexity index is 2850. The number of benzene rings is 6. The lowest BCUT2D eigenvalue weighted by molar-refractivity contribution is 0.672. The topological polar surface area (TPSA) is 51.8 Å². The molecule has 6 aromatic carbocycles. The lowest BCUT2D eigenvalue weighted by Crippen LogP contribution is -1.96. The zero-order valence-electron chi connectivity index (χ0n) is 25.6. The van der Waals surface area contributed by atoms with Gasteiger partial charge in [0.05, 0.1) is 17.1 Å². The number of hydrogen-bond donors (Lipinski definition) is 0. The van der Waals surface area contributed by atoms with Gasteiger partial charge in [-0.2, -0.15) is 0 Å². The van der Waals surface area contributed by atoms with Crippen molar-refractivity contribution in [3.05, 3.63) is 152 Å². The molecule has 0 radical (unpaired) electrons. The van der Waals surface area contributed by atoms with Crippen molar-refractivity contribution >= 4 is 64.4 Å². The molecule has 0 aliphatic rings. The van der Waals surface area contributed by atoms with Crippen LogP contribution in [0.1, 0.15) is 0 Å². The Morgan fingerprint density at radius 3 is 1.98 bits per heavy atom. The third-order valence-electron chi connectivity index (χ3n) is 9.09. The number of para-hydroxylation sites is 1. The summed E-state index contributed by atoms with van der Waals surface area (Å²) in [6.45, 7) is 0. The molecule has 0 atom stereocenters. The molecule has 0 saturated carbocycles. The van der Waals surface area contributed by atoms with Crippen molar-refractivity contribution in [3.8, 4) is 45.2 Å². The van der Waals surface area contributed by atoms with E-state index in [1.54, 1.807) is 11.3 Å². The fraction of sp³-hybridized carbons (Fsp3) is 0. The summed E-state index contributed by atoms with van der Waals surface area (Å²) >= 11 is 1.79. The predicted octanol–water partition coefficient (Wildman–Crippen LogP) is 12.0. The highest BCUT2D eigenvalue weighted by atomic mass is 32.1. The van der Waals surface area contributed by atoms with Gasteiger partial charge < -0.3 is 4.42 Å². The summed E-state index contributed by atoms with van der Waals surface area (Å²) in [5.41, 5.74) is 9.29. The second-order valence-corrected chi connectivity index (χ2v) is 13.0. The molecule has 0 aliphatic carbocycles. The molecular weight excluding hydrogens is 607 g/mol. The molecular formula is C43H25N3OS. The lowest BCUT2D eigenvalue weighted by Gasteiger charge is -2.12. The first-order valence-corrected chi connectivity index (χ1v) is 16.8. The van der Waals surface area contributed by atoms with E-state index >= 15 is 0 Å². The van der Waals surface area contributed by atoms with Crippen molar-refractivity contribution in [2.45, 2.75) is 0 Å². The van der Waals surface area contributed by atoms with Crippen LogP contribution in [0.5, 0.6) is 0 Å². The fourth-order valence-electron chi connectivity index (χ4n) is 6.83. The summed E-state index contributed by atoms with van der Waals surface area (Å²) in [7, 11) is 0. The first-order valence-electron chi connectivity index (χ1n) is 15.9. The number of thiophene rings is 1. The first-order chi connectivity index (χ1) is 23.8. The van der Waals surface area contributed by atoms with Crippen molar-refractivity contribution in [2.24, 2.45) is 0 Å². The van der Waals surface area contributed by atoms with Crippen LogP contribution in [0.25, 0.3) is 98.2 Å². The number of pyridine rings is 1. The minimum atomic E-state index is 0.712. The standard InChI is InChI=1S/C43H25N3OS/c1-2-12-26(13-3-1)35-25-36(45-43(44-35)34-21-11-20-32-29-16-7-9-23-38(29)48-42(32)34)27-14-10-15-28(24-27)39-30-17-4-5-18-31(30)41-40(46-39)33-19-6-8-22-37(33)47-41/h1-25H. The molecule has 0 spiro atoms. The first kappa shape index (κ1) is 27.0. The van der Waals surface area contributed by atoms with Gasteiger partial charge >= 0.3 is 0 Å². The summed E-state index contributed by atoms with van der Waals surface area (Å²) < 4.78 is 8.78. The van der Waals surface area contributed by atoms with E-state index in [0.717, 1.165) is 72.2 Å². The van der Waals surface area contributed by atoms with Crippen LogP contribution in [0.4, 0.5) is 0 Å². The number of fused-ring (bicyclic) bond motifs is 8. The van der Waals surface area contributed by atoms with Crippen LogP contribution in [-0.2, 0) is 0 Å². The molecule has 10 aromatic rings. The zero-order valence-corrected chi connectivity index (χ0v) is 26.4. The monoisotopic (exact) mass is 631 g/mol. The van der Waals surface area contributed by atoms with Crippen molar-refractivity contribution in [2.75, 3.05) is 0 Å². The Labute approximate surface area is 279 Å². The molecule has 0 unspecified atom stereocenters. The molecule has 0 N–H and O–H groups in total. The van der Waals surface area contributed by atoms with Gasteiger partial charge in [0.25, 0.3) is 0 Å². The highest BCUT2D eigenvalue weighted by Crippen LogP contribution is 2.41. The number of aromatic nitrogens is 3. The second kappa shape index (κ2) is 10.7. The maximum Gasteiger partial charge on any atom is 0.161 e. The van der Waals surface area contributed by atoms with Gasteiger partial charge in [0, 0.05) is 58.6 Å². The minimum Gasteiger partial charge on any atom is -0.454 e. The Balaban J connectivity index is 1.19. The number of furan rings is 1. The van der Waals surface area contributed by atoms with Crippen LogP contribution < -0.4 is 0 Å². The van der Waals surface area contributed by atoms with Crippen LogP contribution in [0.2, 0.25) is 0 Å². The number of hydrogen-bond acceptors (Lipinski definition) is 5. The third-order valence-corrected chi connectivity index (χ3v) is 10.3. The molecule has 4 aromatic heterocycles. The lowest BCUT2D eigenvalue weighted by atomic mass is 9.99. The summed E-state index contributed by atoms with van der Waals surface area (Å²) in [4.78, 5) is 15.7. The average Bonchev–Trinajstić information content (AvgIpc) is 3.73. The van der Waals surface area contributed by atoms with E-state index in [1.165, 1.54) is 20.2 Å². The average molecular weight is 632 g/mol. The molecule has 224 valence electrons. The molecule has 0 amide bonds. The second-order valence-electron chi connectivity index (χ2n) is 12.0. The molecule has 4 heterocycles. The largest absolute Gasteiger partial charge is 0.454 e. The molecule has 0 saturated heterocycles. The highest BCUT2D eigenvalue weighted by molar-refractivity contribution is 7.26. The summed E-state index contributed by atoms with van der Waals surface area (Å²) in [6.07, 6.45) is 0. The molecule has 48 heavy (non-hydrogen) atoms. The molecule has 5 heteroatoms. The Morgan fingerprint density at radius 1 is 0.458 bits per heavy atom. The zero-order chi connectivity index (χ0) is 31.6. The van der Waals surface area contributed by atoms with Crippen LogP contribution in [0.3, 0.4) is 0 Å². The van der Waals surface area contributed by atoms with Gasteiger partial charge in [-0.05, 0) is 36.4 Å². The highest BCUT2D eigenvalue weighted by Gasteiger charge is 2.18. The summed E-state index contributed by atoms with van der Waals surface area (Å²) in [5, 5.41) is 5.59. The van der Waals surface area contributed by atoms with Crippen molar-refractivity contribution in [3.63, 3.8) is 0 Å². The minimum absolute atomic E-state index is 0.712. The van der Waals surface area contributed by atoms with Gasteiger partial charge in [0.2, 0.25) is 0 Å². The van der Waals surface area contributed by atoms with Crippen LogP contribution >= 0.6 is 11.3 Å². The fourth-order valence-corrected chi connectivity index (χ4v) is 8.04. The van der Waals surface area contributed by atoms with Crippen LogP contribution in [0, 0.1) is 0 Å². The third kappa shape index (κ3) is 4.25. The van der Waals surface area contributed by atoms with E-state index in [4.69, 9.17) is 19.4 Å². The SMILES string of the molecule is c1ccc(-c2cc(-c3cccc(-c4nc5c6ccccc6oc5c5ccccc45)c3)nc(-c3cccc4c3sc3ccccc34)n2)cc1. The quantitative estimate of drug-likeness (QED) is 0.194. The van der Waals surface area contributed by atoms with Gasteiger partial charge in [-0.1, -0.05) is 115 Å². The molecule has 0 aliphatic heterocycles. The van der Waals surface area contributed by atoms with Crippen molar-refractivity contribution in [1.82, 2.24) is 15.0 Å². The molecule has 0 fully saturated rings. The van der Waals surface area contributed by atoms with E-state index in [-0.39, 0.29) is 0 Å². The van der Waals surface area contributed by atoms with Crippen molar-refractivity contribution < 1.29 is 4.42 Å². The maximum atomic E-state index is 6.33. The van der Waals surface area contributed by atoms with Gasteiger partial charge in [0.15, 0.2) is 11.4 Å². The van der Waals surface area contributed by atoms with Crippen LogP contribution in [0.15, 0.2) is 156 Å². The van der Waals surface area contributed by atoms with E-state index in [2.05, 4.69) is 127 Å². The van der Waals surface area contributed by atoms with Crippen LogP contribution in [-0.4, -0.2) is 15.0 Å². The Morgan fingerprint density at radius 2 is 1.10 bits per heavy atom. The molecule has 4 nitrogen and oxygen atoms in total. The Hall–Kier alpha value is -6.17. The maximum absolute atomic E-state index is 6.33. The van der Waals surface area contributed by atoms with Gasteiger partial charge in [-0.25, -0.2) is 15.0 Å². The van der Waals surface area contributed by atoms with Gasteiger partial charge in [0.1, 0.15) is 11.1 Å². The van der Waals surface area contributed by atoms with Gasteiger partial charge in [-0.3, -0.25) is 0 Å². The van der Waals surface area contributed by atoms with E-state index in [0.29, 0.717) is 5.82 Å². The smallest absolute Gasteiger partial charge is 0.161 e. The summed E-state index contributed by atoms with van der Waals surface area (Å²) in [6, 6.07) is 52.5. The summed E-state index contributed by atoms with van der Waals surface area (Å²) in [5.74, 6) is 0.712. The van der Waals surface area contributed by atoms with E-state index in [1.807, 2.05) is 24.3 Å². The normalized spacial score (nSPS) is 11.8. The number of nitrogens with zero attached hydrogens (tertiary/aromatic N) is 3.